The quantitative estimate of drug-likeness (QED) is 0.557. The van der Waals surface area contributed by atoms with E-state index in [0.29, 0.717) is 45.9 Å². The summed E-state index contributed by atoms with van der Waals surface area (Å²) in [5.74, 6) is -0.585. The summed E-state index contributed by atoms with van der Waals surface area (Å²) in [5, 5.41) is 20.6. The third-order valence-electron chi connectivity index (χ3n) is 6.19. The Morgan fingerprint density at radius 3 is 1.82 bits per heavy atom. The zero-order valence-corrected chi connectivity index (χ0v) is 20.4. The van der Waals surface area contributed by atoms with Gasteiger partial charge in [0.05, 0.1) is 32.0 Å². The molecule has 0 unspecified atom stereocenters. The molecule has 0 spiro atoms. The second kappa shape index (κ2) is 13.7. The van der Waals surface area contributed by atoms with Crippen molar-refractivity contribution >= 4 is 24.8 Å². The van der Waals surface area contributed by atoms with E-state index < -0.39 is 12.2 Å². The molecule has 2 heterocycles. The van der Waals surface area contributed by atoms with Gasteiger partial charge < -0.3 is 19.7 Å². The van der Waals surface area contributed by atoms with Crippen LogP contribution in [0.5, 0.6) is 0 Å². The van der Waals surface area contributed by atoms with Crippen LogP contribution in [0, 0.1) is 11.6 Å². The molecule has 190 valence electrons. The molecule has 10 heteroatoms. The highest BCUT2D eigenvalue weighted by Gasteiger charge is 2.46. The van der Waals surface area contributed by atoms with Crippen molar-refractivity contribution in [3.8, 4) is 0 Å². The molecule has 6 nitrogen and oxygen atoms in total. The summed E-state index contributed by atoms with van der Waals surface area (Å²) in [4.78, 5) is 4.31. The van der Waals surface area contributed by atoms with Gasteiger partial charge in [-0.1, -0.05) is 24.3 Å². The van der Waals surface area contributed by atoms with Crippen molar-refractivity contribution in [1.29, 1.82) is 0 Å². The van der Waals surface area contributed by atoms with Crippen molar-refractivity contribution in [3.63, 3.8) is 0 Å². The van der Waals surface area contributed by atoms with E-state index in [4.69, 9.17) is 9.47 Å². The average molecular weight is 521 g/mol. The fourth-order valence-electron chi connectivity index (χ4n) is 4.59. The second-order valence-electron chi connectivity index (χ2n) is 8.45. The highest BCUT2D eigenvalue weighted by atomic mass is 35.5. The van der Waals surface area contributed by atoms with Gasteiger partial charge in [-0.2, -0.15) is 0 Å². The van der Waals surface area contributed by atoms with Crippen LogP contribution < -0.4 is 0 Å². The van der Waals surface area contributed by atoms with Gasteiger partial charge >= 0.3 is 0 Å². The van der Waals surface area contributed by atoms with Crippen molar-refractivity contribution in [3.05, 3.63) is 71.3 Å². The minimum Gasteiger partial charge on any atom is -0.394 e. The lowest BCUT2D eigenvalue weighted by Crippen LogP contribution is -2.54. The molecule has 0 amide bonds. The van der Waals surface area contributed by atoms with E-state index in [1.54, 1.807) is 24.3 Å². The van der Waals surface area contributed by atoms with Crippen LogP contribution in [0.25, 0.3) is 0 Å². The normalized spacial score (nSPS) is 25.1. The average Bonchev–Trinajstić information content (AvgIpc) is 3.12. The third-order valence-corrected chi connectivity index (χ3v) is 6.19. The zero-order chi connectivity index (χ0) is 22.5. The molecule has 4 atom stereocenters. The lowest BCUT2D eigenvalue weighted by atomic mass is 10.0. The summed E-state index contributed by atoms with van der Waals surface area (Å²) >= 11 is 0. The van der Waals surface area contributed by atoms with Gasteiger partial charge in [-0.3, -0.25) is 9.80 Å². The summed E-state index contributed by atoms with van der Waals surface area (Å²) in [5.41, 5.74) is 1.88. The molecule has 2 aromatic carbocycles. The van der Waals surface area contributed by atoms with Gasteiger partial charge in [0.1, 0.15) is 23.8 Å². The van der Waals surface area contributed by atoms with Gasteiger partial charge in [0.2, 0.25) is 0 Å². The van der Waals surface area contributed by atoms with E-state index in [1.807, 2.05) is 0 Å². The SMILES string of the molecule is Cl.Cl.OC[C@@H]1O[C@H](CN(Cc2ccc(F)cc2)Cc2ccc(F)cc2)[C@H](N2CCOCC2)[C@@H]1O. The number of hydrogen-bond acceptors (Lipinski definition) is 6. The zero-order valence-electron chi connectivity index (χ0n) is 18.8. The molecule has 0 bridgehead atoms. The number of nitrogens with zero attached hydrogens (tertiary/aromatic N) is 2. The van der Waals surface area contributed by atoms with E-state index in [0.717, 1.165) is 11.1 Å². The maximum absolute atomic E-state index is 13.4. The van der Waals surface area contributed by atoms with E-state index in [-0.39, 0.29) is 55.2 Å². The summed E-state index contributed by atoms with van der Waals surface area (Å²) in [6.07, 6.45) is -1.78. The first-order valence-corrected chi connectivity index (χ1v) is 11.0. The van der Waals surface area contributed by atoms with Gasteiger partial charge in [0, 0.05) is 32.7 Å². The van der Waals surface area contributed by atoms with Gasteiger partial charge in [-0.25, -0.2) is 8.78 Å². The largest absolute Gasteiger partial charge is 0.394 e. The molecule has 2 aliphatic heterocycles. The van der Waals surface area contributed by atoms with E-state index in [9.17, 15) is 19.0 Å². The van der Waals surface area contributed by atoms with Gasteiger partial charge in [-0.05, 0) is 35.4 Å². The lowest BCUT2D eigenvalue weighted by Gasteiger charge is -2.37. The van der Waals surface area contributed by atoms with Crippen LogP contribution in [0.1, 0.15) is 11.1 Å². The predicted octanol–water partition coefficient (Wildman–Crippen LogP) is 2.63. The molecule has 2 N–H and O–H groups in total. The highest BCUT2D eigenvalue weighted by molar-refractivity contribution is 5.85. The number of rotatable bonds is 8. The van der Waals surface area contributed by atoms with E-state index in [1.165, 1.54) is 24.3 Å². The topological polar surface area (TPSA) is 65.4 Å². The second-order valence-corrected chi connectivity index (χ2v) is 8.45. The number of benzene rings is 2. The van der Waals surface area contributed by atoms with Gasteiger partial charge in [0.25, 0.3) is 0 Å². The smallest absolute Gasteiger partial charge is 0.123 e. The first-order valence-electron chi connectivity index (χ1n) is 11.0. The van der Waals surface area contributed by atoms with Crippen molar-refractivity contribution in [1.82, 2.24) is 9.80 Å². The molecule has 34 heavy (non-hydrogen) atoms. The number of aliphatic hydroxyl groups is 2. The minimum atomic E-state index is -0.804. The Bertz CT molecular complexity index is 810. The van der Waals surface area contributed by atoms with Crippen LogP contribution in [0.4, 0.5) is 8.78 Å². The van der Waals surface area contributed by atoms with Crippen LogP contribution in [0.15, 0.2) is 48.5 Å². The predicted molar refractivity (Wildman–Crippen MR) is 129 cm³/mol. The monoisotopic (exact) mass is 520 g/mol. The molecular weight excluding hydrogens is 489 g/mol. The number of aliphatic hydroxyl groups excluding tert-OH is 2. The number of ether oxygens (including phenoxy) is 2. The standard InChI is InChI=1S/C24H30F2N2O4.2ClH/c25-19-5-1-17(2-6-19)13-27(14-18-3-7-20(26)8-4-18)15-21-23(24(30)22(16-29)32-21)28-9-11-31-12-10-28;;/h1-8,21-24,29-30H,9-16H2;2*1H/t21-,22+,23+,24-;;/m1../s1. The summed E-state index contributed by atoms with van der Waals surface area (Å²) in [6.45, 7) is 3.87. The van der Waals surface area contributed by atoms with Crippen LogP contribution in [-0.4, -0.2) is 83.8 Å². The van der Waals surface area contributed by atoms with Gasteiger partial charge in [-0.15, -0.1) is 24.8 Å². The Morgan fingerprint density at radius 1 is 0.853 bits per heavy atom. The Labute approximate surface area is 211 Å². The number of morpholine rings is 1. The molecule has 2 aromatic rings. The fourth-order valence-corrected chi connectivity index (χ4v) is 4.59. The number of hydrogen-bond donors (Lipinski definition) is 2. The molecule has 0 saturated carbocycles. The summed E-state index contributed by atoms with van der Waals surface area (Å²) < 4.78 is 38.3. The van der Waals surface area contributed by atoms with Crippen LogP contribution >= 0.6 is 24.8 Å². The minimum absolute atomic E-state index is 0. The third kappa shape index (κ3) is 7.32. The molecule has 4 rings (SSSR count). The molecule has 2 fully saturated rings. The molecule has 0 radical (unpaired) electrons. The first kappa shape index (κ1) is 28.9. The Kier molecular flexibility index (Phi) is 11.6. The molecule has 0 aromatic heterocycles. The Balaban J connectivity index is 0.00000204. The maximum Gasteiger partial charge on any atom is 0.123 e. The Morgan fingerprint density at radius 2 is 1.35 bits per heavy atom. The van der Waals surface area contributed by atoms with Crippen molar-refractivity contribution in [2.75, 3.05) is 39.5 Å². The molecule has 2 saturated heterocycles. The fraction of sp³-hybridized carbons (Fsp3) is 0.500. The number of halogens is 4. The molecular formula is C24H32Cl2F2N2O4. The van der Waals surface area contributed by atoms with Crippen LogP contribution in [-0.2, 0) is 22.6 Å². The van der Waals surface area contributed by atoms with Crippen molar-refractivity contribution in [2.45, 2.75) is 37.4 Å². The summed E-state index contributed by atoms with van der Waals surface area (Å²) in [7, 11) is 0. The lowest BCUT2D eigenvalue weighted by molar-refractivity contribution is -0.0373. The molecule has 0 aliphatic carbocycles. The first-order chi connectivity index (χ1) is 15.5. The van der Waals surface area contributed by atoms with Crippen LogP contribution in [0.2, 0.25) is 0 Å². The molecule has 2 aliphatic rings. The van der Waals surface area contributed by atoms with Crippen molar-refractivity contribution in [2.24, 2.45) is 0 Å². The van der Waals surface area contributed by atoms with E-state index in [2.05, 4.69) is 9.80 Å². The Hall–Kier alpha value is -1.36. The highest BCUT2D eigenvalue weighted by Crippen LogP contribution is 2.28. The van der Waals surface area contributed by atoms with E-state index >= 15 is 0 Å². The maximum atomic E-state index is 13.4. The van der Waals surface area contributed by atoms with Crippen LogP contribution in [0.3, 0.4) is 0 Å². The van der Waals surface area contributed by atoms with Gasteiger partial charge in [0.15, 0.2) is 0 Å². The van der Waals surface area contributed by atoms with Crippen molar-refractivity contribution < 1.29 is 28.5 Å². The summed E-state index contributed by atoms with van der Waals surface area (Å²) in [6, 6.07) is 12.4.